The summed E-state index contributed by atoms with van der Waals surface area (Å²) in [6, 6.07) is 8.60. The fourth-order valence-electron chi connectivity index (χ4n) is 5.41. The molecule has 1 aliphatic carbocycles. The molecule has 0 bridgehead atoms. The molecule has 2 heterocycles. The summed E-state index contributed by atoms with van der Waals surface area (Å²) < 4.78 is 5.77. The molecule has 2 fully saturated rings. The molecule has 8 nitrogen and oxygen atoms in total. The van der Waals surface area contributed by atoms with Crippen LogP contribution in [0.25, 0.3) is 0 Å². The Morgan fingerprint density at radius 2 is 1.94 bits per heavy atom. The number of nitrogens with one attached hydrogen (secondary N) is 2. The lowest BCUT2D eigenvalue weighted by molar-refractivity contribution is -0.136. The summed E-state index contributed by atoms with van der Waals surface area (Å²) in [5.41, 5.74) is 1.76. The predicted molar refractivity (Wildman–Crippen MR) is 129 cm³/mol. The van der Waals surface area contributed by atoms with Gasteiger partial charge in [-0.05, 0) is 73.8 Å². The van der Waals surface area contributed by atoms with Crippen LogP contribution in [0.15, 0.2) is 36.5 Å². The number of ether oxygens (including phenoxy) is 1. The average Bonchev–Trinajstić information content (AvgIpc) is 2.94. The van der Waals surface area contributed by atoms with E-state index in [9.17, 15) is 14.4 Å². The number of aryl methyl sites for hydroxylation is 2. The number of rotatable bonds is 5. The molecule has 1 aromatic carbocycles. The number of hydrogen-bond donors (Lipinski definition) is 2. The van der Waals surface area contributed by atoms with Gasteiger partial charge in [-0.2, -0.15) is 0 Å². The van der Waals surface area contributed by atoms with E-state index in [4.69, 9.17) is 4.74 Å². The molecule has 1 saturated heterocycles. The van der Waals surface area contributed by atoms with Gasteiger partial charge in [-0.1, -0.05) is 26.8 Å². The monoisotopic (exact) mass is 464 g/mol. The highest BCUT2D eigenvalue weighted by Gasteiger charge is 2.56. The maximum absolute atomic E-state index is 13.2. The zero-order valence-electron chi connectivity index (χ0n) is 20.4. The minimum atomic E-state index is -0.923. The fourth-order valence-corrected chi connectivity index (χ4v) is 5.41. The van der Waals surface area contributed by atoms with Crippen LogP contribution in [0.4, 0.5) is 10.5 Å². The van der Waals surface area contributed by atoms with Crippen LogP contribution in [0, 0.1) is 25.2 Å². The SMILES string of the molecule is Cc1ccc(Oc2ccc(NC(=O)CN3C(=O)NC4(CC(C)CC(C)(C)C4)C3=O)cn2)cc1C. The summed E-state index contributed by atoms with van der Waals surface area (Å²) in [6.45, 7) is 10.0. The largest absolute Gasteiger partial charge is 0.439 e. The summed E-state index contributed by atoms with van der Waals surface area (Å²) in [7, 11) is 0. The number of nitrogens with zero attached hydrogens (tertiary/aromatic N) is 2. The van der Waals surface area contributed by atoms with E-state index < -0.39 is 17.5 Å². The van der Waals surface area contributed by atoms with Crippen molar-refractivity contribution in [3.63, 3.8) is 0 Å². The molecule has 180 valence electrons. The van der Waals surface area contributed by atoms with Gasteiger partial charge in [-0.3, -0.25) is 14.5 Å². The predicted octanol–water partition coefficient (Wildman–Crippen LogP) is 4.57. The Kier molecular flexibility index (Phi) is 6.10. The first-order valence-corrected chi connectivity index (χ1v) is 11.6. The van der Waals surface area contributed by atoms with E-state index in [1.54, 1.807) is 12.1 Å². The van der Waals surface area contributed by atoms with Crippen LogP contribution < -0.4 is 15.4 Å². The standard InChI is InChI=1S/C26H32N4O4/c1-16-11-25(4,5)15-26(12-16)23(32)30(24(33)29-26)14-21(31)28-19-7-9-22(27-13-19)34-20-8-6-17(2)18(3)10-20/h6-10,13,16H,11-12,14-15H2,1-5H3,(H,28,31)(H,29,33). The van der Waals surface area contributed by atoms with Crippen LogP contribution in [0.1, 0.15) is 51.2 Å². The Morgan fingerprint density at radius 3 is 2.59 bits per heavy atom. The molecule has 1 spiro atoms. The topological polar surface area (TPSA) is 101 Å². The minimum absolute atomic E-state index is 0.0639. The molecule has 2 aliphatic rings. The molecule has 1 saturated carbocycles. The van der Waals surface area contributed by atoms with Gasteiger partial charge in [0.05, 0.1) is 11.9 Å². The zero-order chi connectivity index (χ0) is 24.7. The number of carbonyl (C=O) groups is 3. The van der Waals surface area contributed by atoms with Gasteiger partial charge in [0.15, 0.2) is 0 Å². The number of anilines is 1. The molecule has 1 aromatic heterocycles. The highest BCUT2D eigenvalue weighted by molar-refractivity contribution is 6.10. The molecule has 2 atom stereocenters. The molecule has 2 aromatic rings. The van der Waals surface area contributed by atoms with E-state index in [-0.39, 0.29) is 17.9 Å². The van der Waals surface area contributed by atoms with Crippen LogP contribution in [0.5, 0.6) is 11.6 Å². The first-order valence-electron chi connectivity index (χ1n) is 11.6. The molecular formula is C26H32N4O4. The maximum atomic E-state index is 13.2. The number of imide groups is 1. The molecule has 34 heavy (non-hydrogen) atoms. The smallest absolute Gasteiger partial charge is 0.325 e. The summed E-state index contributed by atoms with van der Waals surface area (Å²) in [4.78, 5) is 43.7. The normalized spacial score (nSPS) is 23.7. The van der Waals surface area contributed by atoms with Crippen molar-refractivity contribution >= 4 is 23.5 Å². The Labute approximate surface area is 200 Å². The number of pyridine rings is 1. The molecular weight excluding hydrogens is 432 g/mol. The third kappa shape index (κ3) is 4.90. The van der Waals surface area contributed by atoms with Crippen molar-refractivity contribution in [1.29, 1.82) is 0 Å². The van der Waals surface area contributed by atoms with E-state index in [0.717, 1.165) is 16.9 Å². The van der Waals surface area contributed by atoms with Crippen molar-refractivity contribution in [2.45, 2.75) is 59.4 Å². The van der Waals surface area contributed by atoms with Crippen molar-refractivity contribution in [3.8, 4) is 11.6 Å². The highest BCUT2D eigenvalue weighted by atomic mass is 16.5. The lowest BCUT2D eigenvalue weighted by Crippen LogP contribution is -2.54. The van der Waals surface area contributed by atoms with Crippen LogP contribution in [0.3, 0.4) is 0 Å². The van der Waals surface area contributed by atoms with Crippen LogP contribution in [-0.2, 0) is 9.59 Å². The fraction of sp³-hybridized carbons (Fsp3) is 0.462. The molecule has 8 heteroatoms. The molecule has 0 radical (unpaired) electrons. The average molecular weight is 465 g/mol. The van der Waals surface area contributed by atoms with Gasteiger partial charge in [0.2, 0.25) is 11.8 Å². The van der Waals surface area contributed by atoms with Gasteiger partial charge in [0.25, 0.3) is 5.91 Å². The van der Waals surface area contributed by atoms with E-state index in [1.807, 2.05) is 32.0 Å². The van der Waals surface area contributed by atoms with Crippen molar-refractivity contribution in [2.24, 2.45) is 11.3 Å². The second kappa shape index (κ2) is 8.74. The number of aromatic nitrogens is 1. The molecule has 1 aliphatic heterocycles. The van der Waals surface area contributed by atoms with E-state index >= 15 is 0 Å². The zero-order valence-corrected chi connectivity index (χ0v) is 20.4. The van der Waals surface area contributed by atoms with Gasteiger partial charge in [0, 0.05) is 6.07 Å². The second-order valence-electron chi connectivity index (χ2n) is 10.5. The second-order valence-corrected chi connectivity index (χ2v) is 10.5. The summed E-state index contributed by atoms with van der Waals surface area (Å²) in [6.07, 6.45) is 3.63. The Bertz CT molecular complexity index is 1130. The maximum Gasteiger partial charge on any atom is 0.325 e. The molecule has 4 amide bonds. The van der Waals surface area contributed by atoms with Crippen molar-refractivity contribution in [2.75, 3.05) is 11.9 Å². The quantitative estimate of drug-likeness (QED) is 0.632. The number of urea groups is 1. The Balaban J connectivity index is 1.37. The molecule has 2 N–H and O–H groups in total. The van der Waals surface area contributed by atoms with E-state index in [0.29, 0.717) is 36.1 Å². The van der Waals surface area contributed by atoms with E-state index in [1.165, 1.54) is 11.8 Å². The third-order valence-corrected chi connectivity index (χ3v) is 6.65. The minimum Gasteiger partial charge on any atom is -0.439 e. The van der Waals surface area contributed by atoms with Gasteiger partial charge in [-0.15, -0.1) is 0 Å². The number of hydrogen-bond acceptors (Lipinski definition) is 5. The molecule has 4 rings (SSSR count). The number of benzene rings is 1. The first-order chi connectivity index (χ1) is 16.0. The summed E-state index contributed by atoms with van der Waals surface area (Å²) in [5.74, 6) is 0.597. The van der Waals surface area contributed by atoms with Crippen molar-refractivity contribution in [3.05, 3.63) is 47.7 Å². The summed E-state index contributed by atoms with van der Waals surface area (Å²) in [5, 5.41) is 5.59. The lowest BCUT2D eigenvalue weighted by Gasteiger charge is -2.43. The molecule has 2 unspecified atom stereocenters. The highest BCUT2D eigenvalue weighted by Crippen LogP contribution is 2.46. The first kappa shape index (κ1) is 23.7. The van der Waals surface area contributed by atoms with Gasteiger partial charge in [-0.25, -0.2) is 9.78 Å². The van der Waals surface area contributed by atoms with Crippen LogP contribution >= 0.6 is 0 Å². The lowest BCUT2D eigenvalue weighted by atomic mass is 9.64. The summed E-state index contributed by atoms with van der Waals surface area (Å²) >= 11 is 0. The Hall–Kier alpha value is -3.42. The Morgan fingerprint density at radius 1 is 1.18 bits per heavy atom. The van der Waals surface area contributed by atoms with E-state index in [2.05, 4.69) is 36.4 Å². The van der Waals surface area contributed by atoms with Gasteiger partial charge < -0.3 is 15.4 Å². The number of carbonyl (C=O) groups excluding carboxylic acids is 3. The van der Waals surface area contributed by atoms with Crippen LogP contribution in [0.2, 0.25) is 0 Å². The van der Waals surface area contributed by atoms with Crippen LogP contribution in [-0.4, -0.2) is 39.8 Å². The van der Waals surface area contributed by atoms with Crippen molar-refractivity contribution in [1.82, 2.24) is 15.2 Å². The van der Waals surface area contributed by atoms with Gasteiger partial charge >= 0.3 is 6.03 Å². The third-order valence-electron chi connectivity index (χ3n) is 6.65. The van der Waals surface area contributed by atoms with Gasteiger partial charge in [0.1, 0.15) is 17.8 Å². The van der Waals surface area contributed by atoms with Crippen molar-refractivity contribution < 1.29 is 19.1 Å². The number of amides is 4.